The van der Waals surface area contributed by atoms with Crippen molar-refractivity contribution in [3.63, 3.8) is 0 Å². The van der Waals surface area contributed by atoms with Gasteiger partial charge in [0.25, 0.3) is 0 Å². The molecule has 1 rings (SSSR count). The van der Waals surface area contributed by atoms with Gasteiger partial charge in [0, 0.05) is 18.6 Å². The number of rotatable bonds is 2. The third kappa shape index (κ3) is 4.51. The lowest BCUT2D eigenvalue weighted by atomic mass is 9.95. The predicted octanol–water partition coefficient (Wildman–Crippen LogP) is 0.980. The Morgan fingerprint density at radius 3 is 2.33 bits per heavy atom. The van der Waals surface area contributed by atoms with Crippen LogP contribution in [0.5, 0.6) is 0 Å². The zero-order chi connectivity index (χ0) is 11.5. The van der Waals surface area contributed by atoms with Crippen LogP contribution in [0.3, 0.4) is 0 Å². The van der Waals surface area contributed by atoms with Crippen LogP contribution in [0.1, 0.15) is 33.6 Å². The molecule has 1 fully saturated rings. The van der Waals surface area contributed by atoms with Crippen LogP contribution in [0.15, 0.2) is 0 Å². The van der Waals surface area contributed by atoms with Crippen molar-refractivity contribution in [1.29, 1.82) is 5.41 Å². The Morgan fingerprint density at radius 1 is 1.40 bits per heavy atom. The van der Waals surface area contributed by atoms with Crippen molar-refractivity contribution in [3.8, 4) is 0 Å². The van der Waals surface area contributed by atoms with Crippen LogP contribution in [0.25, 0.3) is 0 Å². The average Bonchev–Trinajstić information content (AvgIpc) is 2.14. The highest BCUT2D eigenvalue weighted by molar-refractivity contribution is 5.74. The molecule has 0 spiro atoms. The first-order chi connectivity index (χ1) is 6.88. The Kier molecular flexibility index (Phi) is 3.97. The standard InChI is InChI=1S/C11H24N4/c1-11(2,3)14-8-9-4-6-15(7-5-9)10(12)13/h9,14H,4-8H2,1-3H3,(H3,12,13). The van der Waals surface area contributed by atoms with Gasteiger partial charge in [0.1, 0.15) is 0 Å². The number of nitrogens with two attached hydrogens (primary N) is 1. The number of hydrogen-bond acceptors (Lipinski definition) is 2. The molecule has 1 saturated heterocycles. The predicted molar refractivity (Wildman–Crippen MR) is 64.0 cm³/mol. The molecular weight excluding hydrogens is 188 g/mol. The Balaban J connectivity index is 2.23. The highest BCUT2D eigenvalue weighted by atomic mass is 15.2. The lowest BCUT2D eigenvalue weighted by Gasteiger charge is -2.33. The summed E-state index contributed by atoms with van der Waals surface area (Å²) in [6.45, 7) is 9.53. The van der Waals surface area contributed by atoms with E-state index in [9.17, 15) is 0 Å². The van der Waals surface area contributed by atoms with E-state index in [4.69, 9.17) is 11.1 Å². The van der Waals surface area contributed by atoms with Gasteiger partial charge in [0.05, 0.1) is 0 Å². The fourth-order valence-corrected chi connectivity index (χ4v) is 1.83. The molecule has 0 aromatic rings. The second-order valence-electron chi connectivity index (χ2n) is 5.45. The van der Waals surface area contributed by atoms with Crippen molar-refractivity contribution in [2.24, 2.45) is 11.7 Å². The fraction of sp³-hybridized carbons (Fsp3) is 0.909. The van der Waals surface area contributed by atoms with Gasteiger partial charge in [-0.2, -0.15) is 0 Å². The van der Waals surface area contributed by atoms with Crippen LogP contribution in [0.2, 0.25) is 0 Å². The van der Waals surface area contributed by atoms with Crippen molar-refractivity contribution in [2.75, 3.05) is 19.6 Å². The van der Waals surface area contributed by atoms with Gasteiger partial charge in [-0.3, -0.25) is 5.41 Å². The molecule has 0 bridgehead atoms. The van der Waals surface area contributed by atoms with E-state index in [0.717, 1.165) is 38.4 Å². The largest absolute Gasteiger partial charge is 0.370 e. The molecule has 0 unspecified atom stereocenters. The van der Waals surface area contributed by atoms with Gasteiger partial charge < -0.3 is 16.0 Å². The third-order valence-corrected chi connectivity index (χ3v) is 2.88. The van der Waals surface area contributed by atoms with Gasteiger partial charge >= 0.3 is 0 Å². The van der Waals surface area contributed by atoms with E-state index in [0.29, 0.717) is 0 Å². The molecule has 4 N–H and O–H groups in total. The van der Waals surface area contributed by atoms with E-state index in [2.05, 4.69) is 26.1 Å². The van der Waals surface area contributed by atoms with Crippen molar-refractivity contribution in [3.05, 3.63) is 0 Å². The Morgan fingerprint density at radius 2 is 1.93 bits per heavy atom. The maximum atomic E-state index is 7.34. The molecule has 88 valence electrons. The number of nitrogens with zero attached hydrogens (tertiary/aromatic N) is 1. The topological polar surface area (TPSA) is 65.1 Å². The molecule has 0 saturated carbocycles. The quantitative estimate of drug-likeness (QED) is 0.472. The molecule has 0 aromatic heterocycles. The molecule has 15 heavy (non-hydrogen) atoms. The van der Waals surface area contributed by atoms with E-state index < -0.39 is 0 Å². The van der Waals surface area contributed by atoms with Gasteiger partial charge in [-0.05, 0) is 46.1 Å². The third-order valence-electron chi connectivity index (χ3n) is 2.88. The van der Waals surface area contributed by atoms with Crippen molar-refractivity contribution >= 4 is 5.96 Å². The summed E-state index contributed by atoms with van der Waals surface area (Å²) in [5.74, 6) is 0.956. The molecular formula is C11H24N4. The fourth-order valence-electron chi connectivity index (χ4n) is 1.83. The molecule has 1 aliphatic rings. The van der Waals surface area contributed by atoms with Crippen LogP contribution in [-0.2, 0) is 0 Å². The summed E-state index contributed by atoms with van der Waals surface area (Å²) in [5.41, 5.74) is 5.66. The van der Waals surface area contributed by atoms with E-state index in [1.54, 1.807) is 0 Å². The maximum absolute atomic E-state index is 7.34. The van der Waals surface area contributed by atoms with Crippen LogP contribution >= 0.6 is 0 Å². The minimum absolute atomic E-state index is 0.206. The zero-order valence-electron chi connectivity index (χ0n) is 10.1. The monoisotopic (exact) mass is 212 g/mol. The van der Waals surface area contributed by atoms with Crippen molar-refractivity contribution in [2.45, 2.75) is 39.2 Å². The number of likely N-dealkylation sites (tertiary alicyclic amines) is 1. The first-order valence-electron chi connectivity index (χ1n) is 5.72. The molecule has 1 heterocycles. The molecule has 4 nitrogen and oxygen atoms in total. The average molecular weight is 212 g/mol. The van der Waals surface area contributed by atoms with Gasteiger partial charge in [0.15, 0.2) is 5.96 Å². The molecule has 4 heteroatoms. The van der Waals surface area contributed by atoms with Gasteiger partial charge in [0.2, 0.25) is 0 Å². The first kappa shape index (κ1) is 12.3. The van der Waals surface area contributed by atoms with E-state index in [1.165, 1.54) is 0 Å². The summed E-state index contributed by atoms with van der Waals surface area (Å²) in [4.78, 5) is 1.95. The van der Waals surface area contributed by atoms with Gasteiger partial charge in [-0.15, -0.1) is 0 Å². The normalized spacial score (nSPS) is 19.3. The summed E-state index contributed by atoms with van der Waals surface area (Å²) in [5, 5.41) is 10.9. The highest BCUT2D eigenvalue weighted by Crippen LogP contribution is 2.16. The van der Waals surface area contributed by atoms with Crippen LogP contribution in [0.4, 0.5) is 0 Å². The number of piperidine rings is 1. The van der Waals surface area contributed by atoms with E-state index in [1.807, 2.05) is 4.90 Å². The van der Waals surface area contributed by atoms with Gasteiger partial charge in [-0.1, -0.05) is 0 Å². The summed E-state index contributed by atoms with van der Waals surface area (Å²) < 4.78 is 0. The molecule has 0 amide bonds. The Labute approximate surface area is 92.7 Å². The number of hydrogen-bond donors (Lipinski definition) is 3. The molecule has 0 aromatic carbocycles. The molecule has 1 aliphatic heterocycles. The summed E-state index contributed by atoms with van der Waals surface area (Å²) in [6, 6.07) is 0. The first-order valence-corrected chi connectivity index (χ1v) is 5.72. The number of nitrogens with one attached hydrogen (secondary N) is 2. The minimum atomic E-state index is 0.206. The molecule has 0 radical (unpaired) electrons. The Bertz CT molecular complexity index is 211. The van der Waals surface area contributed by atoms with E-state index >= 15 is 0 Å². The van der Waals surface area contributed by atoms with Crippen molar-refractivity contribution in [1.82, 2.24) is 10.2 Å². The van der Waals surface area contributed by atoms with Crippen LogP contribution in [-0.4, -0.2) is 36.0 Å². The maximum Gasteiger partial charge on any atom is 0.188 e. The minimum Gasteiger partial charge on any atom is -0.370 e. The van der Waals surface area contributed by atoms with Gasteiger partial charge in [-0.25, -0.2) is 0 Å². The second kappa shape index (κ2) is 4.84. The molecule has 0 aliphatic carbocycles. The van der Waals surface area contributed by atoms with E-state index in [-0.39, 0.29) is 11.5 Å². The van der Waals surface area contributed by atoms with Crippen molar-refractivity contribution < 1.29 is 0 Å². The second-order valence-corrected chi connectivity index (χ2v) is 5.45. The SMILES string of the molecule is CC(C)(C)NCC1CCN(C(=N)N)CC1. The number of guanidine groups is 1. The lowest BCUT2D eigenvalue weighted by molar-refractivity contribution is 0.243. The van der Waals surface area contributed by atoms with Crippen LogP contribution in [0, 0.1) is 11.3 Å². The van der Waals surface area contributed by atoms with Crippen LogP contribution < -0.4 is 11.1 Å². The zero-order valence-corrected chi connectivity index (χ0v) is 10.1. The summed E-state index contributed by atoms with van der Waals surface area (Å²) >= 11 is 0. The Hall–Kier alpha value is -0.770. The highest BCUT2D eigenvalue weighted by Gasteiger charge is 2.21. The lowest BCUT2D eigenvalue weighted by Crippen LogP contribution is -2.46. The molecule has 0 atom stereocenters. The summed E-state index contributed by atoms with van der Waals surface area (Å²) in [7, 11) is 0. The summed E-state index contributed by atoms with van der Waals surface area (Å²) in [6.07, 6.45) is 2.28. The smallest absolute Gasteiger partial charge is 0.188 e.